The summed E-state index contributed by atoms with van der Waals surface area (Å²) in [7, 11) is 3.09. The van der Waals surface area contributed by atoms with Crippen molar-refractivity contribution in [2.45, 2.75) is 39.0 Å². The van der Waals surface area contributed by atoms with Crippen LogP contribution in [0.15, 0.2) is 34.2 Å². The number of nitrogens with one attached hydrogen (secondary N) is 1. The van der Waals surface area contributed by atoms with Crippen molar-refractivity contribution in [1.82, 2.24) is 14.1 Å². The number of hydrogen-bond donors (Lipinski definition) is 1. The molecule has 0 spiro atoms. The Morgan fingerprint density at radius 1 is 1.19 bits per heavy atom. The SMILES string of the molecule is COc1ccc(NC(=O)Cn2c(C)cc3nc(SC)n(CC(C)C)c(=O)c32)c(OC)c1. The van der Waals surface area contributed by atoms with Crippen molar-refractivity contribution < 1.29 is 14.3 Å². The molecule has 0 aliphatic rings. The number of aryl methyl sites for hydroxylation is 1. The maximum Gasteiger partial charge on any atom is 0.278 e. The Morgan fingerprint density at radius 2 is 1.94 bits per heavy atom. The Hall–Kier alpha value is -2.94. The van der Waals surface area contributed by atoms with Gasteiger partial charge in [0, 0.05) is 18.3 Å². The Kier molecular flexibility index (Phi) is 6.94. The highest BCUT2D eigenvalue weighted by Crippen LogP contribution is 2.29. The van der Waals surface area contributed by atoms with Crippen LogP contribution in [0.5, 0.6) is 11.5 Å². The first kappa shape index (κ1) is 22.7. The van der Waals surface area contributed by atoms with Gasteiger partial charge >= 0.3 is 0 Å². The summed E-state index contributed by atoms with van der Waals surface area (Å²) in [5.41, 5.74) is 2.23. The summed E-state index contributed by atoms with van der Waals surface area (Å²) < 4.78 is 14.0. The Morgan fingerprint density at radius 3 is 2.55 bits per heavy atom. The third-order valence-electron chi connectivity index (χ3n) is 4.89. The minimum Gasteiger partial charge on any atom is -0.497 e. The zero-order valence-electron chi connectivity index (χ0n) is 18.7. The van der Waals surface area contributed by atoms with E-state index in [9.17, 15) is 9.59 Å². The number of rotatable bonds is 8. The molecule has 0 unspecified atom stereocenters. The molecular formula is C22H28N4O4S. The molecule has 0 aliphatic heterocycles. The number of methoxy groups -OCH3 is 2. The van der Waals surface area contributed by atoms with Gasteiger partial charge in [0.25, 0.3) is 5.56 Å². The summed E-state index contributed by atoms with van der Waals surface area (Å²) >= 11 is 1.44. The Balaban J connectivity index is 1.97. The highest BCUT2D eigenvalue weighted by Gasteiger charge is 2.19. The fraction of sp³-hybridized carbons (Fsp3) is 0.409. The van der Waals surface area contributed by atoms with Gasteiger partial charge in [0.1, 0.15) is 23.6 Å². The third kappa shape index (κ3) is 4.71. The van der Waals surface area contributed by atoms with Crippen LogP contribution in [0.1, 0.15) is 19.5 Å². The smallest absolute Gasteiger partial charge is 0.278 e. The van der Waals surface area contributed by atoms with Crippen molar-refractivity contribution in [1.29, 1.82) is 0 Å². The van der Waals surface area contributed by atoms with Gasteiger partial charge in [-0.15, -0.1) is 0 Å². The first-order chi connectivity index (χ1) is 14.8. The second-order valence-electron chi connectivity index (χ2n) is 7.63. The van der Waals surface area contributed by atoms with Crippen LogP contribution in [-0.2, 0) is 17.9 Å². The molecule has 1 aromatic carbocycles. The standard InChI is InChI=1S/C22H28N4O4S/c1-13(2)11-26-21(28)20-17(24-22(26)31-6)9-14(3)25(20)12-19(27)23-16-8-7-15(29-4)10-18(16)30-5/h7-10,13H,11-12H2,1-6H3,(H,23,27). The zero-order valence-corrected chi connectivity index (χ0v) is 19.5. The molecule has 9 heteroatoms. The molecule has 1 amide bonds. The topological polar surface area (TPSA) is 87.4 Å². The predicted molar refractivity (Wildman–Crippen MR) is 124 cm³/mol. The van der Waals surface area contributed by atoms with Gasteiger partial charge in [0.05, 0.1) is 25.4 Å². The van der Waals surface area contributed by atoms with E-state index in [4.69, 9.17) is 9.47 Å². The summed E-state index contributed by atoms with van der Waals surface area (Å²) in [6.07, 6.45) is 1.91. The number of carbonyl (C=O) groups is 1. The van der Waals surface area contributed by atoms with Crippen LogP contribution >= 0.6 is 11.8 Å². The molecule has 2 aromatic heterocycles. The van der Waals surface area contributed by atoms with Crippen molar-refractivity contribution in [3.8, 4) is 11.5 Å². The van der Waals surface area contributed by atoms with E-state index in [1.54, 1.807) is 34.4 Å². The lowest BCUT2D eigenvalue weighted by Gasteiger charge is -2.15. The van der Waals surface area contributed by atoms with Crippen LogP contribution in [0.2, 0.25) is 0 Å². The molecular weight excluding hydrogens is 416 g/mol. The largest absolute Gasteiger partial charge is 0.497 e. The van der Waals surface area contributed by atoms with Crippen LogP contribution < -0.4 is 20.3 Å². The van der Waals surface area contributed by atoms with Crippen molar-refractivity contribution in [3.63, 3.8) is 0 Å². The number of nitrogens with zero attached hydrogens (tertiary/aromatic N) is 3. The summed E-state index contributed by atoms with van der Waals surface area (Å²) in [6, 6.07) is 7.01. The average Bonchev–Trinajstić information content (AvgIpc) is 3.04. The third-order valence-corrected chi connectivity index (χ3v) is 5.57. The fourth-order valence-corrected chi connectivity index (χ4v) is 4.04. The second kappa shape index (κ2) is 9.47. The molecule has 166 valence electrons. The molecule has 0 atom stereocenters. The van der Waals surface area contributed by atoms with Crippen LogP contribution in [0, 0.1) is 12.8 Å². The number of anilines is 1. The minimum absolute atomic E-state index is 0.0122. The molecule has 0 saturated carbocycles. The lowest BCUT2D eigenvalue weighted by atomic mass is 10.2. The first-order valence-corrected chi connectivity index (χ1v) is 11.2. The van der Waals surface area contributed by atoms with Gasteiger partial charge in [-0.2, -0.15) is 0 Å². The van der Waals surface area contributed by atoms with Crippen LogP contribution in [0.25, 0.3) is 11.0 Å². The minimum atomic E-state index is -0.271. The lowest BCUT2D eigenvalue weighted by molar-refractivity contribution is -0.116. The molecule has 0 bridgehead atoms. The number of hydrogen-bond acceptors (Lipinski definition) is 6. The van der Waals surface area contributed by atoms with Gasteiger partial charge in [0.15, 0.2) is 5.16 Å². The number of thioether (sulfide) groups is 1. The number of aromatic nitrogens is 3. The monoisotopic (exact) mass is 444 g/mol. The molecule has 3 aromatic rings. The number of benzene rings is 1. The number of carbonyl (C=O) groups excluding carboxylic acids is 1. The maximum absolute atomic E-state index is 13.3. The molecule has 31 heavy (non-hydrogen) atoms. The van der Waals surface area contributed by atoms with E-state index in [0.29, 0.717) is 39.9 Å². The Bertz CT molecular complexity index is 1170. The van der Waals surface area contributed by atoms with Crippen molar-refractivity contribution in [3.05, 3.63) is 40.3 Å². The number of fused-ring (bicyclic) bond motifs is 1. The van der Waals surface area contributed by atoms with Gasteiger partial charge in [0.2, 0.25) is 5.91 Å². The molecule has 2 heterocycles. The van der Waals surface area contributed by atoms with Crippen molar-refractivity contribution in [2.75, 3.05) is 25.8 Å². The van der Waals surface area contributed by atoms with Crippen molar-refractivity contribution >= 4 is 34.4 Å². The van der Waals surface area contributed by atoms with Gasteiger partial charge in [-0.25, -0.2) is 4.98 Å². The molecule has 3 rings (SSSR count). The van der Waals surface area contributed by atoms with Crippen LogP contribution in [0.4, 0.5) is 5.69 Å². The highest BCUT2D eigenvalue weighted by atomic mass is 32.2. The van der Waals surface area contributed by atoms with E-state index < -0.39 is 0 Å². The average molecular weight is 445 g/mol. The molecule has 0 aliphatic carbocycles. The zero-order chi connectivity index (χ0) is 22.7. The quantitative estimate of drug-likeness (QED) is 0.422. The fourth-order valence-electron chi connectivity index (χ4n) is 3.47. The van der Waals surface area contributed by atoms with E-state index in [-0.39, 0.29) is 23.9 Å². The maximum atomic E-state index is 13.3. The number of amides is 1. The summed E-state index contributed by atoms with van der Waals surface area (Å²) in [5.74, 6) is 1.14. The Labute approximate surface area is 185 Å². The summed E-state index contributed by atoms with van der Waals surface area (Å²) in [5, 5.41) is 3.53. The number of ether oxygens (including phenoxy) is 2. The second-order valence-corrected chi connectivity index (χ2v) is 8.40. The molecule has 0 fully saturated rings. The van der Waals surface area contributed by atoms with E-state index in [1.165, 1.54) is 18.9 Å². The first-order valence-electron chi connectivity index (χ1n) is 9.95. The highest BCUT2D eigenvalue weighted by molar-refractivity contribution is 7.98. The predicted octanol–water partition coefficient (Wildman–Crippen LogP) is 3.54. The van der Waals surface area contributed by atoms with Crippen LogP contribution in [0.3, 0.4) is 0 Å². The van der Waals surface area contributed by atoms with Crippen molar-refractivity contribution in [2.24, 2.45) is 5.92 Å². The normalized spacial score (nSPS) is 11.2. The van der Waals surface area contributed by atoms with E-state index >= 15 is 0 Å². The van der Waals surface area contributed by atoms with E-state index in [0.717, 1.165) is 5.69 Å². The molecule has 0 radical (unpaired) electrons. The van der Waals surface area contributed by atoms with Gasteiger partial charge in [-0.05, 0) is 37.3 Å². The molecule has 1 N–H and O–H groups in total. The van der Waals surface area contributed by atoms with Gasteiger partial charge in [-0.3, -0.25) is 14.2 Å². The van der Waals surface area contributed by atoms with Gasteiger partial charge < -0.3 is 19.4 Å². The van der Waals surface area contributed by atoms with Crippen LogP contribution in [-0.4, -0.2) is 40.5 Å². The summed E-state index contributed by atoms with van der Waals surface area (Å²) in [6.45, 7) is 6.54. The van der Waals surface area contributed by atoms with Gasteiger partial charge in [-0.1, -0.05) is 25.6 Å². The molecule has 8 nitrogen and oxygen atoms in total. The van der Waals surface area contributed by atoms with E-state index in [1.807, 2.05) is 19.2 Å². The van der Waals surface area contributed by atoms with E-state index in [2.05, 4.69) is 24.1 Å². The molecule has 0 saturated heterocycles. The lowest BCUT2D eigenvalue weighted by Crippen LogP contribution is -2.28. The summed E-state index contributed by atoms with van der Waals surface area (Å²) in [4.78, 5) is 30.8.